The lowest BCUT2D eigenvalue weighted by Crippen LogP contribution is -2.17. The van der Waals surface area contributed by atoms with Crippen LogP contribution in [0, 0.1) is 0 Å². The third kappa shape index (κ3) is 4.31. The zero-order valence-electron chi connectivity index (χ0n) is 3.60. The van der Waals surface area contributed by atoms with E-state index in [0.29, 0.717) is 0 Å². The first-order chi connectivity index (χ1) is 2.77. The van der Waals surface area contributed by atoms with Crippen LogP contribution in [0.4, 0.5) is 0 Å². The lowest BCUT2D eigenvalue weighted by molar-refractivity contribution is 0.186. The van der Waals surface area contributed by atoms with Crippen LogP contribution in [0.5, 0.6) is 0 Å². The first-order valence-corrected chi connectivity index (χ1v) is 2.74. The van der Waals surface area contributed by atoms with Crippen LogP contribution in [0.3, 0.4) is 0 Å². The summed E-state index contributed by atoms with van der Waals surface area (Å²) in [4.78, 5) is 0. The zero-order chi connectivity index (χ0) is 4.99. The summed E-state index contributed by atoms with van der Waals surface area (Å²) >= 11 is 0. The van der Waals surface area contributed by atoms with E-state index < -0.39 is 6.23 Å². The minimum Gasteiger partial charge on any atom is -0.379 e. The standard InChI is InChI=1S/C2H9N2OP/c1-2(5)4-6-3/h2,4-6H,3H2,1H3. The second-order valence-corrected chi connectivity index (χ2v) is 1.54. The van der Waals surface area contributed by atoms with Gasteiger partial charge >= 0.3 is 0 Å². The highest BCUT2D eigenvalue weighted by Crippen LogP contribution is 1.85. The van der Waals surface area contributed by atoms with Gasteiger partial charge in [-0.2, -0.15) is 0 Å². The van der Waals surface area contributed by atoms with E-state index in [1.807, 2.05) is 0 Å². The minimum atomic E-state index is -0.465. The molecule has 0 spiro atoms. The summed E-state index contributed by atoms with van der Waals surface area (Å²) < 4.78 is 0. The van der Waals surface area contributed by atoms with Gasteiger partial charge < -0.3 is 10.6 Å². The van der Waals surface area contributed by atoms with Gasteiger partial charge in [0.1, 0.15) is 6.23 Å². The number of rotatable bonds is 2. The molecule has 0 radical (unpaired) electrons. The second-order valence-electron chi connectivity index (χ2n) is 0.965. The third-order valence-electron chi connectivity index (χ3n) is 0.292. The van der Waals surface area contributed by atoms with Gasteiger partial charge in [-0.3, -0.25) is 5.09 Å². The molecule has 0 heterocycles. The largest absolute Gasteiger partial charge is 0.379 e. The van der Waals surface area contributed by atoms with E-state index in [-0.39, 0.29) is 8.88 Å². The molecule has 0 aliphatic carbocycles. The lowest BCUT2D eigenvalue weighted by atomic mass is 10.7. The van der Waals surface area contributed by atoms with Crippen molar-refractivity contribution < 1.29 is 5.11 Å². The van der Waals surface area contributed by atoms with E-state index in [9.17, 15) is 0 Å². The molecule has 4 heteroatoms. The van der Waals surface area contributed by atoms with Gasteiger partial charge in [-0.15, -0.1) is 0 Å². The van der Waals surface area contributed by atoms with E-state index in [1.54, 1.807) is 6.92 Å². The molecule has 0 saturated heterocycles. The van der Waals surface area contributed by atoms with Gasteiger partial charge in [0.05, 0.1) is 0 Å². The Kier molecular flexibility index (Phi) is 3.68. The highest BCUT2D eigenvalue weighted by Gasteiger charge is 1.84. The van der Waals surface area contributed by atoms with Crippen molar-refractivity contribution >= 4 is 8.88 Å². The lowest BCUT2D eigenvalue weighted by Gasteiger charge is -1.99. The summed E-state index contributed by atoms with van der Waals surface area (Å²) in [6.07, 6.45) is -0.465. The first kappa shape index (κ1) is 6.31. The molecule has 0 amide bonds. The highest BCUT2D eigenvalue weighted by atomic mass is 31.1. The normalized spacial score (nSPS) is 16.5. The highest BCUT2D eigenvalue weighted by molar-refractivity contribution is 7.32. The molecule has 2 atom stereocenters. The third-order valence-corrected chi connectivity index (χ3v) is 0.877. The molecule has 3 nitrogen and oxygen atoms in total. The minimum absolute atomic E-state index is 0.138. The molecular formula is C2H9N2OP. The van der Waals surface area contributed by atoms with Gasteiger partial charge in [-0.1, -0.05) is 0 Å². The SMILES string of the molecule is CC(O)NPN. The molecular weight excluding hydrogens is 99.0 g/mol. The summed E-state index contributed by atoms with van der Waals surface area (Å²) in [6.45, 7) is 1.62. The number of nitrogens with two attached hydrogens (primary N) is 1. The second kappa shape index (κ2) is 3.50. The van der Waals surface area contributed by atoms with Crippen LogP contribution in [-0.2, 0) is 0 Å². The molecule has 0 saturated carbocycles. The maximum Gasteiger partial charge on any atom is 0.106 e. The monoisotopic (exact) mass is 108 g/mol. The Hall–Kier alpha value is 0.310. The van der Waals surface area contributed by atoms with Gasteiger partial charge in [-0.25, -0.2) is 0 Å². The number of aliphatic hydroxyl groups excluding tert-OH is 1. The topological polar surface area (TPSA) is 58.3 Å². The fourth-order valence-electron chi connectivity index (χ4n) is 0.121. The average Bonchev–Trinajstić information content (AvgIpc) is 1.35. The Labute approximate surface area is 38.8 Å². The van der Waals surface area contributed by atoms with Gasteiger partial charge in [0.25, 0.3) is 0 Å². The van der Waals surface area contributed by atoms with Crippen molar-refractivity contribution in [3.05, 3.63) is 0 Å². The number of aliphatic hydroxyl groups is 1. The van der Waals surface area contributed by atoms with Crippen molar-refractivity contribution in [1.82, 2.24) is 5.09 Å². The van der Waals surface area contributed by atoms with Crippen molar-refractivity contribution in [1.29, 1.82) is 0 Å². The van der Waals surface area contributed by atoms with Crippen LogP contribution in [0.15, 0.2) is 0 Å². The molecule has 0 aromatic carbocycles. The number of hydrogen-bond acceptors (Lipinski definition) is 3. The summed E-state index contributed by atoms with van der Waals surface area (Å²) in [5, 5.41) is 10.9. The Bertz CT molecular complexity index is 32.7. The maximum absolute atomic E-state index is 8.37. The van der Waals surface area contributed by atoms with Crippen LogP contribution in [0.25, 0.3) is 0 Å². The summed E-state index contributed by atoms with van der Waals surface area (Å²) in [5.74, 6) is 0. The fourth-order valence-corrected chi connectivity index (χ4v) is 0.362. The number of hydrogen-bond donors (Lipinski definition) is 3. The molecule has 0 bridgehead atoms. The Morgan fingerprint density at radius 2 is 2.50 bits per heavy atom. The van der Waals surface area contributed by atoms with Crippen molar-refractivity contribution in [3.63, 3.8) is 0 Å². The summed E-state index contributed by atoms with van der Waals surface area (Å²) in [7, 11) is 0.138. The van der Waals surface area contributed by atoms with Crippen LogP contribution in [-0.4, -0.2) is 11.3 Å². The van der Waals surface area contributed by atoms with E-state index >= 15 is 0 Å². The molecule has 2 unspecified atom stereocenters. The first-order valence-electron chi connectivity index (χ1n) is 1.66. The average molecular weight is 108 g/mol. The Morgan fingerprint density at radius 3 is 2.50 bits per heavy atom. The maximum atomic E-state index is 8.37. The molecule has 0 aromatic rings. The van der Waals surface area contributed by atoms with Gasteiger partial charge in [0.15, 0.2) is 0 Å². The quantitative estimate of drug-likeness (QED) is 0.326. The molecule has 0 rings (SSSR count). The van der Waals surface area contributed by atoms with E-state index in [0.717, 1.165) is 0 Å². The Balaban J connectivity index is 2.63. The molecule has 6 heavy (non-hydrogen) atoms. The summed E-state index contributed by atoms with van der Waals surface area (Å²) in [5.41, 5.74) is 4.99. The molecule has 0 aliphatic heterocycles. The molecule has 0 aromatic heterocycles. The van der Waals surface area contributed by atoms with Crippen LogP contribution in [0.1, 0.15) is 6.92 Å². The predicted molar refractivity (Wildman–Crippen MR) is 27.3 cm³/mol. The van der Waals surface area contributed by atoms with Crippen molar-refractivity contribution in [2.45, 2.75) is 13.2 Å². The predicted octanol–water partition coefficient (Wildman–Crippen LogP) is -0.619. The molecule has 0 aliphatic rings. The molecule has 4 N–H and O–H groups in total. The van der Waals surface area contributed by atoms with Crippen molar-refractivity contribution in [2.75, 3.05) is 0 Å². The van der Waals surface area contributed by atoms with E-state index in [2.05, 4.69) is 5.09 Å². The van der Waals surface area contributed by atoms with E-state index in [4.69, 9.17) is 10.6 Å². The van der Waals surface area contributed by atoms with Crippen molar-refractivity contribution in [2.24, 2.45) is 5.50 Å². The zero-order valence-corrected chi connectivity index (χ0v) is 4.60. The molecule has 38 valence electrons. The van der Waals surface area contributed by atoms with Crippen molar-refractivity contribution in [3.8, 4) is 0 Å². The number of nitrogens with one attached hydrogen (secondary N) is 1. The fraction of sp³-hybridized carbons (Fsp3) is 1.00. The van der Waals surface area contributed by atoms with Crippen LogP contribution in [0.2, 0.25) is 0 Å². The smallest absolute Gasteiger partial charge is 0.106 e. The van der Waals surface area contributed by atoms with Gasteiger partial charge in [-0.05, 0) is 6.92 Å². The van der Waals surface area contributed by atoms with E-state index in [1.165, 1.54) is 0 Å². The van der Waals surface area contributed by atoms with Crippen LogP contribution < -0.4 is 10.6 Å². The van der Waals surface area contributed by atoms with Gasteiger partial charge in [0, 0.05) is 8.88 Å². The Morgan fingerprint density at radius 1 is 2.00 bits per heavy atom. The molecule has 0 fully saturated rings. The van der Waals surface area contributed by atoms with Crippen LogP contribution >= 0.6 is 8.88 Å². The van der Waals surface area contributed by atoms with Gasteiger partial charge in [0.2, 0.25) is 0 Å². The summed E-state index contributed by atoms with van der Waals surface area (Å²) in [6, 6.07) is 0.